The molecule has 0 saturated heterocycles. The minimum absolute atomic E-state index is 0.0435. The van der Waals surface area contributed by atoms with Gasteiger partial charge in [-0.3, -0.25) is 4.98 Å². The molecule has 0 saturated carbocycles. The molecule has 1 aromatic heterocycles. The van der Waals surface area contributed by atoms with Gasteiger partial charge in [0.1, 0.15) is 12.4 Å². The maximum Gasteiger partial charge on any atom is 0.119 e. The van der Waals surface area contributed by atoms with Crippen molar-refractivity contribution in [2.24, 2.45) is 5.73 Å². The largest absolute Gasteiger partial charge is 0.489 e. The van der Waals surface area contributed by atoms with Gasteiger partial charge in [0.2, 0.25) is 0 Å². The van der Waals surface area contributed by atoms with Gasteiger partial charge in [-0.1, -0.05) is 48.0 Å². The van der Waals surface area contributed by atoms with Gasteiger partial charge in [-0.25, -0.2) is 0 Å². The fourth-order valence-corrected chi connectivity index (χ4v) is 2.54. The molecule has 1 unspecified atom stereocenters. The third-order valence-electron chi connectivity index (χ3n) is 4.02. The number of hydrogen-bond donors (Lipinski definition) is 1. The molecule has 1 heterocycles. The van der Waals surface area contributed by atoms with Crippen molar-refractivity contribution in [1.29, 1.82) is 0 Å². The van der Waals surface area contributed by atoms with Gasteiger partial charge in [-0.2, -0.15) is 0 Å². The molecule has 0 aliphatic carbocycles. The first-order valence-electron chi connectivity index (χ1n) is 8.13. The van der Waals surface area contributed by atoms with Gasteiger partial charge in [-0.15, -0.1) is 0 Å². The molecule has 2 N–H and O–H groups in total. The van der Waals surface area contributed by atoms with Crippen molar-refractivity contribution in [2.75, 3.05) is 0 Å². The summed E-state index contributed by atoms with van der Waals surface area (Å²) in [7, 11) is 0. The van der Waals surface area contributed by atoms with Gasteiger partial charge in [0.05, 0.1) is 0 Å². The molecule has 0 spiro atoms. The first-order valence-corrected chi connectivity index (χ1v) is 8.13. The molecule has 24 heavy (non-hydrogen) atoms. The zero-order valence-corrected chi connectivity index (χ0v) is 13.9. The number of rotatable bonds is 6. The molecule has 0 radical (unpaired) electrons. The maximum absolute atomic E-state index is 6.24. The van der Waals surface area contributed by atoms with E-state index in [4.69, 9.17) is 10.5 Å². The molecule has 0 bridgehead atoms. The van der Waals surface area contributed by atoms with Crippen LogP contribution < -0.4 is 10.5 Å². The number of ether oxygens (including phenoxy) is 1. The van der Waals surface area contributed by atoms with E-state index in [0.29, 0.717) is 6.61 Å². The van der Waals surface area contributed by atoms with Crippen LogP contribution >= 0.6 is 0 Å². The predicted octanol–water partition coefficient (Wildman–Crippen LogP) is 4.21. The van der Waals surface area contributed by atoms with Gasteiger partial charge < -0.3 is 10.5 Å². The quantitative estimate of drug-likeness (QED) is 0.740. The molecule has 0 amide bonds. The zero-order chi connectivity index (χ0) is 16.8. The third-order valence-corrected chi connectivity index (χ3v) is 4.02. The van der Waals surface area contributed by atoms with E-state index in [0.717, 1.165) is 17.7 Å². The minimum Gasteiger partial charge on any atom is -0.489 e. The summed E-state index contributed by atoms with van der Waals surface area (Å²) in [6, 6.07) is 20.4. The summed E-state index contributed by atoms with van der Waals surface area (Å²) in [4.78, 5) is 4.12. The lowest BCUT2D eigenvalue weighted by molar-refractivity contribution is 0.306. The molecular formula is C21H22N2O. The summed E-state index contributed by atoms with van der Waals surface area (Å²) in [5.41, 5.74) is 10.9. The Hall–Kier alpha value is -2.65. The van der Waals surface area contributed by atoms with Crippen LogP contribution in [0, 0.1) is 6.92 Å². The predicted molar refractivity (Wildman–Crippen MR) is 96.8 cm³/mol. The Morgan fingerprint density at radius 1 is 0.958 bits per heavy atom. The van der Waals surface area contributed by atoms with Crippen molar-refractivity contribution in [3.8, 4) is 5.75 Å². The summed E-state index contributed by atoms with van der Waals surface area (Å²) in [5, 5.41) is 0. The van der Waals surface area contributed by atoms with Crippen molar-refractivity contribution < 1.29 is 4.74 Å². The topological polar surface area (TPSA) is 48.1 Å². The van der Waals surface area contributed by atoms with Gasteiger partial charge in [0.25, 0.3) is 0 Å². The highest BCUT2D eigenvalue weighted by atomic mass is 16.5. The number of aryl methyl sites for hydroxylation is 1. The second kappa shape index (κ2) is 7.75. The molecule has 3 aromatic rings. The summed E-state index contributed by atoms with van der Waals surface area (Å²) < 4.78 is 5.84. The molecule has 0 fully saturated rings. The zero-order valence-electron chi connectivity index (χ0n) is 13.9. The Balaban J connectivity index is 1.56. The Morgan fingerprint density at radius 3 is 2.33 bits per heavy atom. The van der Waals surface area contributed by atoms with E-state index in [2.05, 4.69) is 48.3 Å². The van der Waals surface area contributed by atoms with Crippen LogP contribution in [0.2, 0.25) is 0 Å². The Bertz CT molecular complexity index is 752. The standard InChI is InChI=1S/C21H22N2O/c1-16-4-6-18(7-5-16)15-24-20-10-8-17(9-11-20)13-21(22)19-3-2-12-23-14-19/h2-12,14,21H,13,15,22H2,1H3. The lowest BCUT2D eigenvalue weighted by atomic mass is 10.0. The van der Waals surface area contributed by atoms with E-state index in [1.165, 1.54) is 16.7 Å². The van der Waals surface area contributed by atoms with E-state index in [1.54, 1.807) is 6.20 Å². The first-order chi connectivity index (χ1) is 11.7. The van der Waals surface area contributed by atoms with Crippen molar-refractivity contribution in [2.45, 2.75) is 26.0 Å². The van der Waals surface area contributed by atoms with E-state index in [9.17, 15) is 0 Å². The summed E-state index contributed by atoms with van der Waals surface area (Å²) in [6.45, 7) is 2.66. The highest BCUT2D eigenvalue weighted by molar-refractivity contribution is 5.29. The number of nitrogens with two attached hydrogens (primary N) is 1. The Labute approximate surface area is 143 Å². The van der Waals surface area contributed by atoms with Gasteiger partial charge in [0.15, 0.2) is 0 Å². The van der Waals surface area contributed by atoms with Crippen molar-refractivity contribution in [3.63, 3.8) is 0 Å². The normalized spacial score (nSPS) is 11.9. The highest BCUT2D eigenvalue weighted by Gasteiger charge is 2.07. The molecule has 3 rings (SSSR count). The van der Waals surface area contributed by atoms with Crippen molar-refractivity contribution in [1.82, 2.24) is 4.98 Å². The van der Waals surface area contributed by atoms with Crippen LogP contribution in [0.25, 0.3) is 0 Å². The summed E-state index contributed by atoms with van der Waals surface area (Å²) >= 11 is 0. The Morgan fingerprint density at radius 2 is 1.67 bits per heavy atom. The van der Waals surface area contributed by atoms with Crippen LogP contribution in [-0.4, -0.2) is 4.98 Å². The number of pyridine rings is 1. The van der Waals surface area contributed by atoms with Crippen molar-refractivity contribution >= 4 is 0 Å². The van der Waals surface area contributed by atoms with Gasteiger partial charge in [0, 0.05) is 18.4 Å². The lowest BCUT2D eigenvalue weighted by Gasteiger charge is -2.12. The number of aromatic nitrogens is 1. The summed E-state index contributed by atoms with van der Waals surface area (Å²) in [6.07, 6.45) is 4.37. The average Bonchev–Trinajstić information content (AvgIpc) is 2.63. The maximum atomic E-state index is 6.24. The van der Waals surface area contributed by atoms with Crippen LogP contribution in [0.3, 0.4) is 0 Å². The molecule has 2 aromatic carbocycles. The third kappa shape index (κ3) is 4.43. The van der Waals surface area contributed by atoms with E-state index in [-0.39, 0.29) is 6.04 Å². The van der Waals surface area contributed by atoms with Crippen LogP contribution in [0.4, 0.5) is 0 Å². The lowest BCUT2D eigenvalue weighted by Crippen LogP contribution is -2.13. The Kier molecular flexibility index (Phi) is 5.24. The second-order valence-electron chi connectivity index (χ2n) is 6.02. The molecule has 3 heteroatoms. The van der Waals surface area contributed by atoms with E-state index >= 15 is 0 Å². The molecule has 0 aliphatic heterocycles. The smallest absolute Gasteiger partial charge is 0.119 e. The van der Waals surface area contributed by atoms with Crippen LogP contribution in [-0.2, 0) is 13.0 Å². The monoisotopic (exact) mass is 318 g/mol. The molecule has 0 aliphatic rings. The fourth-order valence-electron chi connectivity index (χ4n) is 2.54. The number of hydrogen-bond acceptors (Lipinski definition) is 3. The van der Waals surface area contributed by atoms with E-state index < -0.39 is 0 Å². The average molecular weight is 318 g/mol. The molecule has 122 valence electrons. The molecular weight excluding hydrogens is 296 g/mol. The minimum atomic E-state index is -0.0435. The van der Waals surface area contributed by atoms with Crippen LogP contribution in [0.1, 0.15) is 28.3 Å². The highest BCUT2D eigenvalue weighted by Crippen LogP contribution is 2.19. The fraction of sp³-hybridized carbons (Fsp3) is 0.190. The first kappa shape index (κ1) is 16.2. The SMILES string of the molecule is Cc1ccc(COc2ccc(CC(N)c3cccnc3)cc2)cc1. The molecule has 3 nitrogen and oxygen atoms in total. The van der Waals surface area contributed by atoms with Crippen molar-refractivity contribution in [3.05, 3.63) is 95.3 Å². The number of nitrogens with zero attached hydrogens (tertiary/aromatic N) is 1. The van der Waals surface area contributed by atoms with Gasteiger partial charge >= 0.3 is 0 Å². The van der Waals surface area contributed by atoms with Gasteiger partial charge in [-0.05, 0) is 48.2 Å². The van der Waals surface area contributed by atoms with E-state index in [1.807, 2.05) is 30.5 Å². The summed E-state index contributed by atoms with van der Waals surface area (Å²) in [5.74, 6) is 0.870. The molecule has 1 atom stereocenters. The van der Waals surface area contributed by atoms with Crippen LogP contribution in [0.15, 0.2) is 73.1 Å². The number of benzene rings is 2. The second-order valence-corrected chi connectivity index (χ2v) is 6.02. The van der Waals surface area contributed by atoms with Crippen LogP contribution in [0.5, 0.6) is 5.75 Å².